The predicted octanol–water partition coefficient (Wildman–Crippen LogP) is 1.30. The molecule has 0 aliphatic carbocycles. The molecule has 0 aromatic heterocycles. The van der Waals surface area contributed by atoms with Gasteiger partial charge in [0, 0.05) is 6.07 Å². The van der Waals surface area contributed by atoms with Crippen LogP contribution in [-0.2, 0) is 5.11 Å². The summed E-state index contributed by atoms with van der Waals surface area (Å²) in [5, 5.41) is 9.96. The molecule has 0 fully saturated rings. The molecule has 0 N–H and O–H groups in total. The van der Waals surface area contributed by atoms with Crippen LogP contribution in [0.1, 0.15) is 0 Å². The summed E-state index contributed by atoms with van der Waals surface area (Å²) in [6, 6.07) is 10.1. The fraction of sp³-hybridized carbons (Fsp3) is 0.250. The first kappa shape index (κ1) is 7.09. The second-order valence-corrected chi connectivity index (χ2v) is 1.78. The lowest BCUT2D eigenvalue weighted by molar-refractivity contribution is 0.138. The van der Waals surface area contributed by atoms with Crippen molar-refractivity contribution in [3.8, 4) is 5.75 Å². The standard InChI is InChI=1S/C8H8O2/c9-6-7-10-8-4-2-1-3-5-8/h1-4H,6-7H2. The molecule has 0 aliphatic rings. The molecule has 0 spiro atoms. The molecule has 0 bridgehead atoms. The maximum absolute atomic E-state index is 9.96. The molecule has 2 nitrogen and oxygen atoms in total. The van der Waals surface area contributed by atoms with Gasteiger partial charge in [0.1, 0.15) is 19.0 Å². The molecule has 0 amide bonds. The minimum atomic E-state index is -0.206. The van der Waals surface area contributed by atoms with E-state index in [1.54, 1.807) is 12.1 Å². The molecular formula is C8H8O2. The van der Waals surface area contributed by atoms with Crippen LogP contribution in [0, 0.1) is 6.07 Å². The number of hydrogen-bond donors (Lipinski definition) is 0. The molecule has 0 atom stereocenters. The van der Waals surface area contributed by atoms with Crippen LogP contribution in [0.4, 0.5) is 0 Å². The van der Waals surface area contributed by atoms with Crippen LogP contribution >= 0.6 is 0 Å². The first-order valence-electron chi connectivity index (χ1n) is 3.11. The average Bonchev–Trinajstić information content (AvgIpc) is 2.03. The summed E-state index contributed by atoms with van der Waals surface area (Å²) in [7, 11) is 0. The van der Waals surface area contributed by atoms with E-state index in [2.05, 4.69) is 6.07 Å². The Balaban J connectivity index is 2.43. The summed E-state index contributed by atoms with van der Waals surface area (Å²) in [5.74, 6) is 0.637. The van der Waals surface area contributed by atoms with Crippen molar-refractivity contribution in [3.63, 3.8) is 0 Å². The van der Waals surface area contributed by atoms with Gasteiger partial charge in [-0.2, -0.15) is 0 Å². The van der Waals surface area contributed by atoms with Gasteiger partial charge in [-0.3, -0.25) is 0 Å². The van der Waals surface area contributed by atoms with Crippen molar-refractivity contribution in [3.05, 3.63) is 30.3 Å². The third kappa shape index (κ3) is 2.07. The van der Waals surface area contributed by atoms with Crippen molar-refractivity contribution >= 4 is 0 Å². The Morgan fingerprint density at radius 1 is 1.50 bits per heavy atom. The van der Waals surface area contributed by atoms with Crippen LogP contribution in [0.5, 0.6) is 5.75 Å². The van der Waals surface area contributed by atoms with E-state index in [1.807, 2.05) is 12.1 Å². The quantitative estimate of drug-likeness (QED) is 0.615. The maximum Gasteiger partial charge on any atom is 0.127 e. The highest BCUT2D eigenvalue weighted by Crippen LogP contribution is 2.05. The molecule has 0 aliphatic heterocycles. The second kappa shape index (κ2) is 3.90. The van der Waals surface area contributed by atoms with Gasteiger partial charge in [0.15, 0.2) is 0 Å². The Bertz CT molecular complexity index is 172. The Morgan fingerprint density at radius 2 is 2.40 bits per heavy atom. The van der Waals surface area contributed by atoms with Gasteiger partial charge in [-0.05, 0) is 6.07 Å². The average molecular weight is 136 g/mol. The number of ether oxygens (including phenoxy) is 1. The summed E-state index contributed by atoms with van der Waals surface area (Å²) in [5.41, 5.74) is 0. The van der Waals surface area contributed by atoms with Gasteiger partial charge in [0.2, 0.25) is 0 Å². The highest BCUT2D eigenvalue weighted by atomic mass is 16.5. The lowest BCUT2D eigenvalue weighted by atomic mass is 10.3. The van der Waals surface area contributed by atoms with E-state index < -0.39 is 0 Å². The van der Waals surface area contributed by atoms with Crippen LogP contribution in [-0.4, -0.2) is 13.2 Å². The van der Waals surface area contributed by atoms with Crippen molar-refractivity contribution in [2.45, 2.75) is 0 Å². The van der Waals surface area contributed by atoms with Gasteiger partial charge in [-0.15, -0.1) is 0 Å². The molecule has 52 valence electrons. The van der Waals surface area contributed by atoms with E-state index >= 15 is 0 Å². The largest absolute Gasteiger partial charge is 0.490 e. The molecule has 0 unspecified atom stereocenters. The number of para-hydroxylation sites is 1. The Morgan fingerprint density at radius 3 is 3.00 bits per heavy atom. The van der Waals surface area contributed by atoms with Crippen molar-refractivity contribution in [2.24, 2.45) is 0 Å². The molecule has 0 saturated carbocycles. The van der Waals surface area contributed by atoms with Gasteiger partial charge in [-0.1, -0.05) is 18.2 Å². The van der Waals surface area contributed by atoms with Crippen molar-refractivity contribution in [2.75, 3.05) is 13.2 Å². The van der Waals surface area contributed by atoms with Crippen LogP contribution in [0.2, 0.25) is 0 Å². The zero-order valence-electron chi connectivity index (χ0n) is 5.54. The van der Waals surface area contributed by atoms with E-state index in [0.717, 1.165) is 0 Å². The molecule has 1 rings (SSSR count). The van der Waals surface area contributed by atoms with Crippen LogP contribution in [0.25, 0.3) is 0 Å². The Labute approximate surface area is 60.1 Å². The number of hydrogen-bond acceptors (Lipinski definition) is 1. The van der Waals surface area contributed by atoms with E-state index in [1.165, 1.54) is 0 Å². The smallest absolute Gasteiger partial charge is 0.127 e. The lowest BCUT2D eigenvalue weighted by Crippen LogP contribution is -1.99. The fourth-order valence-electron chi connectivity index (χ4n) is 0.618. The highest BCUT2D eigenvalue weighted by Gasteiger charge is 1.88. The molecular weight excluding hydrogens is 128 g/mol. The van der Waals surface area contributed by atoms with Crippen LogP contribution < -0.4 is 4.74 Å². The minimum absolute atomic E-state index is 0.206. The monoisotopic (exact) mass is 136 g/mol. The van der Waals surface area contributed by atoms with Crippen LogP contribution in [0.15, 0.2) is 24.3 Å². The molecule has 2 radical (unpaired) electrons. The summed E-state index contributed by atoms with van der Waals surface area (Å²) >= 11 is 0. The lowest BCUT2D eigenvalue weighted by Gasteiger charge is -2.00. The summed E-state index contributed by atoms with van der Waals surface area (Å²) in [6.45, 7) is 0.0171. The first-order valence-corrected chi connectivity index (χ1v) is 3.11. The molecule has 0 heterocycles. The van der Waals surface area contributed by atoms with Gasteiger partial charge >= 0.3 is 0 Å². The molecule has 2 heteroatoms. The third-order valence-electron chi connectivity index (χ3n) is 1.02. The van der Waals surface area contributed by atoms with E-state index in [0.29, 0.717) is 5.75 Å². The Kier molecular flexibility index (Phi) is 2.77. The zero-order valence-corrected chi connectivity index (χ0v) is 5.54. The normalized spacial score (nSPS) is 9.30. The van der Waals surface area contributed by atoms with Crippen molar-refractivity contribution in [1.82, 2.24) is 0 Å². The van der Waals surface area contributed by atoms with E-state index in [-0.39, 0.29) is 13.2 Å². The highest BCUT2D eigenvalue weighted by molar-refractivity contribution is 5.19. The summed E-state index contributed by atoms with van der Waals surface area (Å²) < 4.78 is 4.99. The first-order chi connectivity index (χ1) is 4.93. The fourth-order valence-corrected chi connectivity index (χ4v) is 0.618. The SMILES string of the molecule is [O]CCOc1[c]cccc1. The van der Waals surface area contributed by atoms with Gasteiger partial charge < -0.3 is 4.74 Å². The molecule has 0 saturated heterocycles. The zero-order chi connectivity index (χ0) is 7.23. The van der Waals surface area contributed by atoms with E-state index in [9.17, 15) is 5.11 Å². The summed E-state index contributed by atoms with van der Waals surface area (Å²) in [4.78, 5) is 0. The van der Waals surface area contributed by atoms with Crippen molar-refractivity contribution < 1.29 is 9.84 Å². The van der Waals surface area contributed by atoms with E-state index in [4.69, 9.17) is 4.74 Å². The van der Waals surface area contributed by atoms with Crippen LogP contribution in [0.3, 0.4) is 0 Å². The van der Waals surface area contributed by atoms with Crippen molar-refractivity contribution in [1.29, 1.82) is 0 Å². The molecule has 1 aromatic rings. The third-order valence-corrected chi connectivity index (χ3v) is 1.02. The maximum atomic E-state index is 9.96. The van der Waals surface area contributed by atoms with Gasteiger partial charge in [-0.25, -0.2) is 5.11 Å². The molecule has 1 aromatic carbocycles. The van der Waals surface area contributed by atoms with Gasteiger partial charge in [0.25, 0.3) is 0 Å². The topological polar surface area (TPSA) is 29.1 Å². The minimum Gasteiger partial charge on any atom is -0.490 e. The number of rotatable bonds is 3. The predicted molar refractivity (Wildman–Crippen MR) is 36.3 cm³/mol. The Hall–Kier alpha value is -1.02. The number of benzene rings is 1. The van der Waals surface area contributed by atoms with Gasteiger partial charge in [0.05, 0.1) is 0 Å². The second-order valence-electron chi connectivity index (χ2n) is 1.78. The summed E-state index contributed by atoms with van der Waals surface area (Å²) in [6.07, 6.45) is 0. The molecule has 10 heavy (non-hydrogen) atoms.